The minimum Gasteiger partial charge on any atom is -0.497 e. The zero-order valence-corrected chi connectivity index (χ0v) is 24.1. The number of benzene rings is 4. The van der Waals surface area contributed by atoms with Crippen LogP contribution in [0.3, 0.4) is 0 Å². The summed E-state index contributed by atoms with van der Waals surface area (Å²) in [6.07, 6.45) is 0.0532. The van der Waals surface area contributed by atoms with Gasteiger partial charge in [0.25, 0.3) is 0 Å². The molecule has 0 heterocycles. The molecule has 0 saturated heterocycles. The molecule has 4 rings (SSSR count). The van der Waals surface area contributed by atoms with E-state index in [2.05, 4.69) is 5.32 Å². The largest absolute Gasteiger partial charge is 0.497 e. The van der Waals surface area contributed by atoms with Crippen molar-refractivity contribution in [3.05, 3.63) is 124 Å². The van der Waals surface area contributed by atoms with Crippen LogP contribution < -0.4 is 19.5 Å². The molecule has 1 N–H and O–H groups in total. The first kappa shape index (κ1) is 29.5. The van der Waals surface area contributed by atoms with Gasteiger partial charge in [-0.05, 0) is 52.6 Å². The second kappa shape index (κ2) is 14.2. The number of nitrogens with zero attached hydrogens (tertiary/aromatic N) is 1. The molecule has 7 nitrogen and oxygen atoms in total. The molecule has 0 radical (unpaired) electrons. The zero-order valence-electron chi connectivity index (χ0n) is 23.3. The molecule has 4 aromatic carbocycles. The van der Waals surface area contributed by atoms with Crippen LogP contribution in [-0.2, 0) is 29.1 Å². The van der Waals surface area contributed by atoms with Gasteiger partial charge in [0.2, 0.25) is 11.8 Å². The van der Waals surface area contributed by atoms with Gasteiger partial charge in [0.05, 0.1) is 27.8 Å². The molecule has 0 aliphatic carbocycles. The predicted octanol–water partition coefficient (Wildman–Crippen LogP) is 5.99. The third kappa shape index (κ3) is 7.58. The van der Waals surface area contributed by atoms with Crippen LogP contribution in [0.1, 0.15) is 28.3 Å². The number of ether oxygens (including phenoxy) is 3. The van der Waals surface area contributed by atoms with Crippen LogP contribution in [0.2, 0.25) is 5.02 Å². The first-order chi connectivity index (χ1) is 19.9. The van der Waals surface area contributed by atoms with Crippen LogP contribution >= 0.6 is 11.6 Å². The summed E-state index contributed by atoms with van der Waals surface area (Å²) in [4.78, 5) is 29.6. The summed E-state index contributed by atoms with van der Waals surface area (Å²) in [7, 11) is 4.71. The number of halogens is 1. The molecule has 0 spiro atoms. The van der Waals surface area contributed by atoms with Crippen LogP contribution in [-0.4, -0.2) is 38.0 Å². The number of rotatable bonds is 12. The van der Waals surface area contributed by atoms with Gasteiger partial charge in [-0.1, -0.05) is 78.3 Å². The van der Waals surface area contributed by atoms with E-state index in [4.69, 9.17) is 25.8 Å². The van der Waals surface area contributed by atoms with Crippen molar-refractivity contribution >= 4 is 23.4 Å². The first-order valence-corrected chi connectivity index (χ1v) is 13.5. The Hall–Kier alpha value is -4.49. The standard InChI is InChI=1S/C33H33ClN2O5/c1-39-27-16-13-23(14-17-27)22-36(31(37)20-24-15-18-29(40-2)30(19-24)41-3)32(25-9-5-4-6-10-25)33(38)35-21-26-11-7-8-12-28(26)34/h4-19,32H,20-22H2,1-3H3,(H,35,38)/t32-/m0/s1. The van der Waals surface area contributed by atoms with Crippen LogP contribution in [0.25, 0.3) is 0 Å². The van der Waals surface area contributed by atoms with Crippen molar-refractivity contribution in [2.24, 2.45) is 0 Å². The van der Waals surface area contributed by atoms with E-state index < -0.39 is 6.04 Å². The Morgan fingerprint density at radius 3 is 2.10 bits per heavy atom. The summed E-state index contributed by atoms with van der Waals surface area (Å²) in [5.74, 6) is 1.26. The van der Waals surface area contributed by atoms with Crippen molar-refractivity contribution in [1.82, 2.24) is 10.2 Å². The second-order valence-electron chi connectivity index (χ2n) is 9.36. The lowest BCUT2D eigenvalue weighted by Crippen LogP contribution is -2.43. The molecular weight excluding hydrogens is 540 g/mol. The minimum atomic E-state index is -0.895. The molecule has 0 aliphatic heterocycles. The number of carbonyl (C=O) groups excluding carboxylic acids is 2. The Morgan fingerprint density at radius 2 is 1.44 bits per heavy atom. The molecule has 0 saturated carbocycles. The normalized spacial score (nSPS) is 11.3. The average Bonchev–Trinajstić information content (AvgIpc) is 3.01. The number of nitrogens with one attached hydrogen (secondary N) is 1. The van der Waals surface area contributed by atoms with Gasteiger partial charge in [-0.25, -0.2) is 0 Å². The number of methoxy groups -OCH3 is 3. The van der Waals surface area contributed by atoms with Crippen LogP contribution in [0.5, 0.6) is 17.2 Å². The van der Waals surface area contributed by atoms with E-state index in [1.807, 2.05) is 78.9 Å². The Bertz CT molecular complexity index is 1460. The molecule has 2 amide bonds. The highest BCUT2D eigenvalue weighted by Crippen LogP contribution is 2.30. The maximum Gasteiger partial charge on any atom is 0.247 e. The maximum atomic E-state index is 14.1. The van der Waals surface area contributed by atoms with E-state index in [-0.39, 0.29) is 31.3 Å². The Balaban J connectivity index is 1.70. The van der Waals surface area contributed by atoms with Crippen LogP contribution in [0.15, 0.2) is 97.1 Å². The van der Waals surface area contributed by atoms with Gasteiger partial charge in [-0.2, -0.15) is 0 Å². The highest BCUT2D eigenvalue weighted by Gasteiger charge is 2.31. The van der Waals surface area contributed by atoms with Crippen molar-refractivity contribution in [3.63, 3.8) is 0 Å². The Morgan fingerprint density at radius 1 is 0.780 bits per heavy atom. The molecule has 0 unspecified atom stereocenters. The van der Waals surface area contributed by atoms with Gasteiger partial charge in [0.15, 0.2) is 11.5 Å². The fourth-order valence-corrected chi connectivity index (χ4v) is 4.75. The van der Waals surface area contributed by atoms with E-state index in [0.29, 0.717) is 27.8 Å². The number of hydrogen-bond acceptors (Lipinski definition) is 5. The fourth-order valence-electron chi connectivity index (χ4n) is 4.55. The van der Waals surface area contributed by atoms with Crippen LogP contribution in [0, 0.1) is 0 Å². The molecular formula is C33H33ClN2O5. The van der Waals surface area contributed by atoms with Gasteiger partial charge in [-0.15, -0.1) is 0 Å². The summed E-state index contributed by atoms with van der Waals surface area (Å²) < 4.78 is 16.1. The Labute approximate surface area is 245 Å². The zero-order chi connectivity index (χ0) is 29.2. The number of hydrogen-bond donors (Lipinski definition) is 1. The molecule has 4 aromatic rings. The minimum absolute atomic E-state index is 0.0532. The van der Waals surface area contributed by atoms with Crippen molar-refractivity contribution in [2.75, 3.05) is 21.3 Å². The predicted molar refractivity (Wildman–Crippen MR) is 159 cm³/mol. The van der Waals surface area contributed by atoms with Gasteiger partial charge in [0, 0.05) is 18.1 Å². The van der Waals surface area contributed by atoms with Crippen LogP contribution in [0.4, 0.5) is 0 Å². The van der Waals surface area contributed by atoms with Gasteiger partial charge in [0.1, 0.15) is 11.8 Å². The summed E-state index contributed by atoms with van der Waals surface area (Å²) in [6, 6.07) is 28.5. The quantitative estimate of drug-likeness (QED) is 0.225. The lowest BCUT2D eigenvalue weighted by molar-refractivity contribution is -0.141. The summed E-state index contributed by atoms with van der Waals surface area (Å²) in [5, 5.41) is 3.56. The van der Waals surface area contributed by atoms with E-state index in [1.165, 1.54) is 0 Å². The smallest absolute Gasteiger partial charge is 0.247 e. The SMILES string of the molecule is COc1ccc(CN(C(=O)Cc2ccc(OC)c(OC)c2)[C@H](C(=O)NCc2ccccc2Cl)c2ccccc2)cc1. The average molecular weight is 573 g/mol. The molecule has 212 valence electrons. The second-order valence-corrected chi connectivity index (χ2v) is 9.77. The number of carbonyl (C=O) groups is 2. The summed E-state index contributed by atoms with van der Waals surface area (Å²) in [6.45, 7) is 0.428. The van der Waals surface area contributed by atoms with Gasteiger partial charge < -0.3 is 24.4 Å². The van der Waals surface area contributed by atoms with Crippen molar-refractivity contribution in [3.8, 4) is 17.2 Å². The van der Waals surface area contributed by atoms with E-state index in [1.54, 1.807) is 44.4 Å². The van der Waals surface area contributed by atoms with Gasteiger partial charge in [-0.3, -0.25) is 9.59 Å². The van der Waals surface area contributed by atoms with E-state index >= 15 is 0 Å². The van der Waals surface area contributed by atoms with Gasteiger partial charge >= 0.3 is 0 Å². The molecule has 1 atom stereocenters. The maximum absolute atomic E-state index is 14.1. The monoisotopic (exact) mass is 572 g/mol. The molecule has 41 heavy (non-hydrogen) atoms. The van der Waals surface area contributed by atoms with Crippen molar-refractivity contribution < 1.29 is 23.8 Å². The lowest BCUT2D eigenvalue weighted by atomic mass is 10.0. The van der Waals surface area contributed by atoms with Crippen molar-refractivity contribution in [1.29, 1.82) is 0 Å². The van der Waals surface area contributed by atoms with E-state index in [0.717, 1.165) is 16.7 Å². The van der Waals surface area contributed by atoms with E-state index in [9.17, 15) is 9.59 Å². The lowest BCUT2D eigenvalue weighted by Gasteiger charge is -2.32. The summed E-state index contributed by atoms with van der Waals surface area (Å²) in [5.41, 5.74) is 3.06. The third-order valence-corrected chi connectivity index (χ3v) is 7.09. The molecule has 0 bridgehead atoms. The Kier molecular flexibility index (Phi) is 10.2. The highest BCUT2D eigenvalue weighted by molar-refractivity contribution is 6.31. The molecule has 0 fully saturated rings. The summed E-state index contributed by atoms with van der Waals surface area (Å²) >= 11 is 6.34. The fraction of sp³-hybridized carbons (Fsp3) is 0.212. The molecule has 0 aromatic heterocycles. The first-order valence-electron chi connectivity index (χ1n) is 13.1. The molecule has 8 heteroatoms. The third-order valence-electron chi connectivity index (χ3n) is 6.72. The number of amides is 2. The topological polar surface area (TPSA) is 77.1 Å². The highest BCUT2D eigenvalue weighted by atomic mass is 35.5. The van der Waals surface area contributed by atoms with Crippen molar-refractivity contribution in [2.45, 2.75) is 25.6 Å². The molecule has 0 aliphatic rings.